The Morgan fingerprint density at radius 3 is 2.40 bits per heavy atom. The van der Waals surface area contributed by atoms with E-state index in [0.29, 0.717) is 47.6 Å². The first-order valence-electron chi connectivity index (χ1n) is 26.6. The van der Waals surface area contributed by atoms with Crippen LogP contribution in [-0.2, 0) is 38.0 Å². The van der Waals surface area contributed by atoms with Crippen LogP contribution in [0.25, 0.3) is 16.6 Å². The maximum atomic E-state index is 14.5. The number of hydrogen-bond acceptors (Lipinski definition) is 17. The molecule has 24 heteroatoms. The van der Waals surface area contributed by atoms with Crippen LogP contribution in [0.4, 0.5) is 28.4 Å². The first kappa shape index (κ1) is 59.6. The van der Waals surface area contributed by atoms with E-state index in [2.05, 4.69) is 55.8 Å². The van der Waals surface area contributed by atoms with Crippen molar-refractivity contribution in [3.8, 4) is 5.88 Å². The van der Waals surface area contributed by atoms with Crippen molar-refractivity contribution in [2.75, 3.05) is 87.1 Å². The molecule has 8 rings (SSSR count). The molecular weight excluding hydrogens is 1090 g/mol. The number of sulfonamides is 1. The van der Waals surface area contributed by atoms with Gasteiger partial charge in [0, 0.05) is 67.6 Å². The van der Waals surface area contributed by atoms with Gasteiger partial charge in [-0.15, -0.1) is 0 Å². The Kier molecular flexibility index (Phi) is 18.1. The number of benzene rings is 3. The number of carboxylic acids is 1. The number of ether oxygens (including phenoxy) is 2. The van der Waals surface area contributed by atoms with Gasteiger partial charge in [-0.2, -0.15) is 4.98 Å². The monoisotopic (exact) mass is 1160 g/mol. The Balaban J connectivity index is 0.998. The fourth-order valence-corrected chi connectivity index (χ4v) is 12.2. The van der Waals surface area contributed by atoms with Crippen molar-refractivity contribution in [2.24, 2.45) is 16.2 Å². The highest BCUT2D eigenvalue weighted by molar-refractivity contribution is 7.90. The number of pyridine rings is 1. The van der Waals surface area contributed by atoms with E-state index in [0.717, 1.165) is 68.2 Å². The first-order valence-corrected chi connectivity index (χ1v) is 30.1. The summed E-state index contributed by atoms with van der Waals surface area (Å²) in [4.78, 5) is 64.0. The molecule has 3 aromatic carbocycles. The van der Waals surface area contributed by atoms with Crippen LogP contribution in [0.1, 0.15) is 96.5 Å². The highest BCUT2D eigenvalue weighted by atomic mass is 35.5. The van der Waals surface area contributed by atoms with Gasteiger partial charge in [-0.25, -0.2) is 13.1 Å². The quantitative estimate of drug-likeness (QED) is 0.0125. The molecule has 2 aliphatic heterocycles. The molecule has 1 unspecified atom stereocenters. The second-order valence-electron chi connectivity index (χ2n) is 22.8. The van der Waals surface area contributed by atoms with E-state index in [4.69, 9.17) is 30.1 Å². The number of anilines is 4. The van der Waals surface area contributed by atoms with E-state index in [1.54, 1.807) is 39.1 Å². The van der Waals surface area contributed by atoms with Crippen molar-refractivity contribution in [1.82, 2.24) is 19.6 Å². The molecule has 5 aromatic rings. The molecular formula is C56H70ClN8O13PS. The maximum Gasteiger partial charge on any atom is 0.335 e. The van der Waals surface area contributed by atoms with Crippen LogP contribution in [0.3, 0.4) is 0 Å². The lowest BCUT2D eigenvalue weighted by Crippen LogP contribution is -2.47. The number of hydrogen-bond donors (Lipinski definition) is 4. The van der Waals surface area contributed by atoms with Gasteiger partial charge in [-0.3, -0.25) is 38.5 Å². The van der Waals surface area contributed by atoms with Crippen LogP contribution in [0.2, 0.25) is 5.02 Å². The molecule has 0 radical (unpaired) electrons. The number of carbonyl (C=O) groups is 3. The summed E-state index contributed by atoms with van der Waals surface area (Å²) in [6, 6.07) is 20.2. The molecule has 80 heavy (non-hydrogen) atoms. The van der Waals surface area contributed by atoms with Crippen molar-refractivity contribution < 1.29 is 55.9 Å². The summed E-state index contributed by atoms with van der Waals surface area (Å²) in [5.41, 5.74) is 3.81. The zero-order valence-electron chi connectivity index (χ0n) is 46.1. The minimum absolute atomic E-state index is 0.0142. The zero-order chi connectivity index (χ0) is 57.8. The molecule has 4 N–H and O–H groups in total. The lowest BCUT2D eigenvalue weighted by molar-refractivity contribution is -0.384. The summed E-state index contributed by atoms with van der Waals surface area (Å²) in [5.74, 6) is -2.32. The van der Waals surface area contributed by atoms with E-state index in [-0.39, 0.29) is 49.3 Å². The minimum Gasteiger partial charge on any atom is -0.481 e. The van der Waals surface area contributed by atoms with E-state index in [9.17, 15) is 42.6 Å². The lowest BCUT2D eigenvalue weighted by Gasteiger charge is -2.39. The first-order chi connectivity index (χ1) is 37.7. The molecule has 21 nitrogen and oxygen atoms in total. The zero-order valence-corrected chi connectivity index (χ0v) is 48.6. The topological polar surface area (TPSA) is 265 Å². The third-order valence-corrected chi connectivity index (χ3v) is 18.1. The molecule has 1 amide bonds. The Hall–Kier alpha value is -6.55. The number of allylic oxidation sites excluding steroid dienone is 1. The van der Waals surface area contributed by atoms with Gasteiger partial charge >= 0.3 is 19.5 Å². The van der Waals surface area contributed by atoms with Crippen LogP contribution in [0.15, 0.2) is 89.5 Å². The largest absolute Gasteiger partial charge is 0.481 e. The second-order valence-corrected chi connectivity index (χ2v) is 27.1. The summed E-state index contributed by atoms with van der Waals surface area (Å²) < 4.78 is 66.6. The van der Waals surface area contributed by atoms with Gasteiger partial charge in [0.15, 0.2) is 0 Å². The Morgan fingerprint density at radius 1 is 0.963 bits per heavy atom. The predicted octanol–water partition coefficient (Wildman–Crippen LogP) is 10.6. The SMILES string of the molecule is CC1(C)CCC(CN2CCN(c3ccc(C(=O)NS(=O)(=O)c4ccc(NCCP(=O)(OCCCC(C)(C)C(=O)O)OCOC(=O)C(C)(C)C)c([N+](=O)[O-])c4)c(N4CCOc5nc6[nH]ccc6cc54)c3)CC2)=C(c2ccc(Cl)cc2)C1. The van der Waals surface area contributed by atoms with Crippen molar-refractivity contribution >= 4 is 92.1 Å². The number of esters is 1. The third-order valence-electron chi connectivity index (χ3n) is 14.6. The van der Waals surface area contributed by atoms with Crippen molar-refractivity contribution in [1.29, 1.82) is 0 Å². The number of fused-ring (bicyclic) bond motifs is 2. The highest BCUT2D eigenvalue weighted by Gasteiger charge is 2.34. The fourth-order valence-electron chi connectivity index (χ4n) is 9.80. The third kappa shape index (κ3) is 14.5. The van der Waals surface area contributed by atoms with Gasteiger partial charge < -0.3 is 39.2 Å². The smallest absolute Gasteiger partial charge is 0.335 e. The molecule has 1 aliphatic carbocycles. The predicted molar refractivity (Wildman–Crippen MR) is 307 cm³/mol. The number of H-pyrrole nitrogens is 1. The van der Waals surface area contributed by atoms with Gasteiger partial charge in [0.05, 0.1) is 51.2 Å². The Bertz CT molecular complexity index is 3340. The summed E-state index contributed by atoms with van der Waals surface area (Å²) in [7, 11) is -8.86. The number of rotatable bonds is 22. The van der Waals surface area contributed by atoms with Crippen LogP contribution < -0.4 is 24.6 Å². The summed E-state index contributed by atoms with van der Waals surface area (Å²) in [6.45, 7) is 15.7. The highest BCUT2D eigenvalue weighted by Crippen LogP contribution is 2.49. The molecule has 1 saturated heterocycles. The molecule has 2 aromatic heterocycles. The summed E-state index contributed by atoms with van der Waals surface area (Å²) in [5, 5.41) is 26.3. The van der Waals surface area contributed by atoms with Gasteiger partial charge in [0.1, 0.15) is 23.6 Å². The standard InChI is InChI=1S/C56H70ClN8O13PS/c1-54(2,3)53(69)76-36-78-79(72,77-28-8-19-56(6,7)52(67)68)30-22-58-45-16-14-42(33-47(45)65(70)71)80(73,74)61-50(66)43-15-13-41(32-46(43)64-27-29-75-51-48(64)31-38-18-21-59-49(38)60-51)63-25-23-62(24-26-63)35-39-17-20-55(4,5)34-44(39)37-9-11-40(57)12-10-37/h9-16,18,21,31-33,58H,8,17,19-20,22-30,34-36H2,1-7H3,(H,59,60)(H,61,66)(H,67,68). The second kappa shape index (κ2) is 24.3. The molecule has 0 bridgehead atoms. The van der Waals surface area contributed by atoms with Crippen molar-refractivity contribution in [2.45, 2.75) is 85.5 Å². The number of aromatic nitrogens is 2. The van der Waals surface area contributed by atoms with Gasteiger partial charge in [-0.1, -0.05) is 43.2 Å². The number of amides is 1. The number of aliphatic carboxylic acids is 1. The van der Waals surface area contributed by atoms with Gasteiger partial charge in [0.2, 0.25) is 12.7 Å². The van der Waals surface area contributed by atoms with Crippen LogP contribution >= 0.6 is 19.2 Å². The molecule has 0 saturated carbocycles. The van der Waals surface area contributed by atoms with Gasteiger partial charge in [0.25, 0.3) is 21.6 Å². The number of aromatic amines is 1. The molecule has 4 heterocycles. The molecule has 1 fully saturated rings. The number of nitrogens with zero attached hydrogens (tertiary/aromatic N) is 5. The average molecular weight is 1160 g/mol. The van der Waals surface area contributed by atoms with Gasteiger partial charge in [-0.05, 0) is 138 Å². The normalized spacial score (nSPS) is 16.9. The van der Waals surface area contributed by atoms with Crippen molar-refractivity contribution in [3.05, 3.63) is 111 Å². The molecule has 1 atom stereocenters. The van der Waals surface area contributed by atoms with Crippen LogP contribution in [0.5, 0.6) is 5.88 Å². The van der Waals surface area contributed by atoms with E-state index >= 15 is 0 Å². The Labute approximate surface area is 471 Å². The fraction of sp³-hybridized carbons (Fsp3) is 0.464. The number of nitro groups is 1. The molecule has 430 valence electrons. The van der Waals surface area contributed by atoms with E-state index in [1.807, 2.05) is 35.2 Å². The minimum atomic E-state index is -4.77. The maximum absolute atomic E-state index is 14.5. The van der Waals surface area contributed by atoms with Crippen molar-refractivity contribution in [3.63, 3.8) is 0 Å². The number of carbonyl (C=O) groups excluding carboxylic acids is 2. The van der Waals surface area contributed by atoms with Crippen LogP contribution in [0, 0.1) is 26.4 Å². The number of carboxylic acid groups (broad SMARTS) is 1. The summed E-state index contributed by atoms with van der Waals surface area (Å²) >= 11 is 6.28. The number of halogens is 1. The lowest BCUT2D eigenvalue weighted by atomic mass is 9.72. The summed E-state index contributed by atoms with van der Waals surface area (Å²) in [6.07, 6.45) is 4.83. The molecule has 0 spiro atoms. The number of nitro benzene ring substituents is 1. The van der Waals surface area contributed by atoms with E-state index in [1.165, 1.54) is 30.6 Å². The number of piperazine rings is 1. The van der Waals surface area contributed by atoms with Crippen LogP contribution in [-0.4, -0.2) is 123 Å². The Morgan fingerprint density at radius 2 is 1.70 bits per heavy atom. The average Bonchev–Trinajstić information content (AvgIpc) is 3.87. The molecule has 3 aliphatic rings. The van der Waals surface area contributed by atoms with E-state index < -0.39 is 74.8 Å². The number of nitrogens with one attached hydrogen (secondary N) is 3.